The van der Waals surface area contributed by atoms with Gasteiger partial charge in [0.05, 0.1) is 17.3 Å². The minimum Gasteiger partial charge on any atom is -0.294 e. The standard InChI is InChI=1S/C11H12N2O/c1-3-9-4-5-13-11(6-9)10(7-12-13)8(2)14/h4-7H,3H2,1-2H3. The molecule has 0 saturated carbocycles. The molecule has 14 heavy (non-hydrogen) atoms. The van der Waals surface area contributed by atoms with Crippen LogP contribution in [0.3, 0.4) is 0 Å². The van der Waals surface area contributed by atoms with Crippen LogP contribution in [0.5, 0.6) is 0 Å². The number of rotatable bonds is 2. The van der Waals surface area contributed by atoms with Crippen LogP contribution in [-0.4, -0.2) is 15.4 Å². The Hall–Kier alpha value is -1.64. The molecule has 0 aliphatic rings. The molecule has 0 bridgehead atoms. The van der Waals surface area contributed by atoms with Gasteiger partial charge < -0.3 is 0 Å². The number of aryl methyl sites for hydroxylation is 1. The highest BCUT2D eigenvalue weighted by Gasteiger charge is 2.07. The summed E-state index contributed by atoms with van der Waals surface area (Å²) in [5.41, 5.74) is 2.82. The van der Waals surface area contributed by atoms with E-state index < -0.39 is 0 Å². The molecule has 2 rings (SSSR count). The van der Waals surface area contributed by atoms with Gasteiger partial charge in [-0.15, -0.1) is 0 Å². The number of fused-ring (bicyclic) bond motifs is 1. The number of Topliss-reactive ketones (excluding diaryl/α,β-unsaturated/α-hetero) is 1. The van der Waals surface area contributed by atoms with E-state index in [4.69, 9.17) is 0 Å². The Kier molecular flexibility index (Phi) is 2.08. The molecule has 0 saturated heterocycles. The lowest BCUT2D eigenvalue weighted by Gasteiger charge is -1.98. The SMILES string of the molecule is CCc1ccn2ncc(C(C)=O)c2c1. The van der Waals surface area contributed by atoms with E-state index in [1.807, 2.05) is 18.3 Å². The molecule has 0 spiro atoms. The second-order valence-corrected chi connectivity index (χ2v) is 3.33. The molecule has 0 fully saturated rings. The Morgan fingerprint density at radius 2 is 2.36 bits per heavy atom. The first kappa shape index (κ1) is 8.94. The molecule has 0 atom stereocenters. The van der Waals surface area contributed by atoms with Crippen LogP contribution in [0.15, 0.2) is 24.5 Å². The smallest absolute Gasteiger partial charge is 0.163 e. The fraction of sp³-hybridized carbons (Fsp3) is 0.273. The molecule has 2 heterocycles. The highest BCUT2D eigenvalue weighted by molar-refractivity contribution is 6.00. The first-order valence-electron chi connectivity index (χ1n) is 4.69. The fourth-order valence-electron chi connectivity index (χ4n) is 1.52. The predicted molar refractivity (Wildman–Crippen MR) is 54.6 cm³/mol. The van der Waals surface area contributed by atoms with Crippen LogP contribution >= 0.6 is 0 Å². The zero-order chi connectivity index (χ0) is 10.1. The van der Waals surface area contributed by atoms with E-state index in [0.29, 0.717) is 5.56 Å². The van der Waals surface area contributed by atoms with Gasteiger partial charge >= 0.3 is 0 Å². The Morgan fingerprint density at radius 1 is 1.57 bits per heavy atom. The number of hydrogen-bond donors (Lipinski definition) is 0. The molecule has 0 N–H and O–H groups in total. The van der Waals surface area contributed by atoms with Crippen LogP contribution in [-0.2, 0) is 6.42 Å². The van der Waals surface area contributed by atoms with Crippen molar-refractivity contribution >= 4 is 11.3 Å². The largest absolute Gasteiger partial charge is 0.294 e. The Balaban J connectivity index is 2.69. The average molecular weight is 188 g/mol. The lowest BCUT2D eigenvalue weighted by molar-refractivity contribution is 0.101. The summed E-state index contributed by atoms with van der Waals surface area (Å²) in [6, 6.07) is 4.04. The average Bonchev–Trinajstić information content (AvgIpc) is 2.59. The number of pyridine rings is 1. The van der Waals surface area contributed by atoms with Crippen LogP contribution in [0, 0.1) is 0 Å². The topological polar surface area (TPSA) is 34.4 Å². The minimum atomic E-state index is 0.0632. The number of aromatic nitrogens is 2. The van der Waals surface area contributed by atoms with Crippen molar-refractivity contribution in [2.75, 3.05) is 0 Å². The first-order valence-corrected chi connectivity index (χ1v) is 4.69. The van der Waals surface area contributed by atoms with Crippen LogP contribution in [0.1, 0.15) is 29.8 Å². The van der Waals surface area contributed by atoms with Gasteiger partial charge in [-0.3, -0.25) is 4.79 Å². The molecule has 2 aromatic rings. The zero-order valence-corrected chi connectivity index (χ0v) is 8.32. The molecule has 0 radical (unpaired) electrons. The predicted octanol–water partition coefficient (Wildman–Crippen LogP) is 2.10. The lowest BCUT2D eigenvalue weighted by atomic mass is 10.1. The molecule has 3 nitrogen and oxygen atoms in total. The summed E-state index contributed by atoms with van der Waals surface area (Å²) in [5.74, 6) is 0.0632. The lowest BCUT2D eigenvalue weighted by Crippen LogP contribution is -1.93. The van der Waals surface area contributed by atoms with Crippen molar-refractivity contribution < 1.29 is 4.79 Å². The summed E-state index contributed by atoms with van der Waals surface area (Å²) in [7, 11) is 0. The van der Waals surface area contributed by atoms with Crippen molar-refractivity contribution in [2.45, 2.75) is 20.3 Å². The molecule has 0 aliphatic heterocycles. The quantitative estimate of drug-likeness (QED) is 0.676. The van der Waals surface area contributed by atoms with Gasteiger partial charge in [0.1, 0.15) is 0 Å². The molecule has 3 heteroatoms. The Labute approximate surface area is 82.4 Å². The summed E-state index contributed by atoms with van der Waals surface area (Å²) >= 11 is 0. The normalized spacial score (nSPS) is 10.7. The van der Waals surface area contributed by atoms with Gasteiger partial charge in [0.15, 0.2) is 5.78 Å². The molecular weight excluding hydrogens is 176 g/mol. The summed E-state index contributed by atoms with van der Waals surface area (Å²) in [5, 5.41) is 4.11. The van der Waals surface area contributed by atoms with E-state index in [-0.39, 0.29) is 5.78 Å². The van der Waals surface area contributed by atoms with E-state index >= 15 is 0 Å². The van der Waals surface area contributed by atoms with Gasteiger partial charge in [0, 0.05) is 6.20 Å². The van der Waals surface area contributed by atoms with Crippen molar-refractivity contribution in [1.82, 2.24) is 9.61 Å². The summed E-state index contributed by atoms with van der Waals surface area (Å²) in [6.45, 7) is 3.66. The minimum absolute atomic E-state index is 0.0632. The van der Waals surface area contributed by atoms with Crippen molar-refractivity contribution in [2.24, 2.45) is 0 Å². The number of carbonyl (C=O) groups is 1. The van der Waals surface area contributed by atoms with E-state index in [1.54, 1.807) is 17.6 Å². The third kappa shape index (κ3) is 1.31. The van der Waals surface area contributed by atoms with Gasteiger partial charge in [0.25, 0.3) is 0 Å². The molecule has 0 unspecified atom stereocenters. The number of ketones is 1. The maximum absolute atomic E-state index is 11.3. The molecular formula is C11H12N2O. The maximum Gasteiger partial charge on any atom is 0.163 e. The number of carbonyl (C=O) groups excluding carboxylic acids is 1. The molecule has 0 amide bonds. The zero-order valence-electron chi connectivity index (χ0n) is 8.32. The molecule has 72 valence electrons. The van der Waals surface area contributed by atoms with E-state index in [2.05, 4.69) is 12.0 Å². The third-order valence-corrected chi connectivity index (χ3v) is 2.37. The summed E-state index contributed by atoms with van der Waals surface area (Å²) < 4.78 is 1.73. The molecule has 0 aromatic carbocycles. The van der Waals surface area contributed by atoms with Crippen LogP contribution in [0.2, 0.25) is 0 Å². The molecule has 0 aliphatic carbocycles. The van der Waals surface area contributed by atoms with E-state index in [9.17, 15) is 4.79 Å². The number of nitrogens with zero attached hydrogens (tertiary/aromatic N) is 2. The monoisotopic (exact) mass is 188 g/mol. The first-order chi connectivity index (χ1) is 6.72. The van der Waals surface area contributed by atoms with Crippen LogP contribution < -0.4 is 0 Å². The Bertz CT molecular complexity index is 485. The second kappa shape index (κ2) is 3.25. The van der Waals surface area contributed by atoms with Crippen LogP contribution in [0.4, 0.5) is 0 Å². The van der Waals surface area contributed by atoms with Gasteiger partial charge in [-0.1, -0.05) is 6.92 Å². The van der Waals surface area contributed by atoms with Crippen LogP contribution in [0.25, 0.3) is 5.52 Å². The van der Waals surface area contributed by atoms with Gasteiger partial charge in [-0.05, 0) is 31.0 Å². The summed E-state index contributed by atoms with van der Waals surface area (Å²) in [4.78, 5) is 11.3. The molecule has 2 aromatic heterocycles. The van der Waals surface area contributed by atoms with Crippen molar-refractivity contribution in [3.8, 4) is 0 Å². The van der Waals surface area contributed by atoms with Gasteiger partial charge in [-0.25, -0.2) is 4.52 Å². The third-order valence-electron chi connectivity index (χ3n) is 2.37. The van der Waals surface area contributed by atoms with Gasteiger partial charge in [0.2, 0.25) is 0 Å². The van der Waals surface area contributed by atoms with Crippen molar-refractivity contribution in [1.29, 1.82) is 0 Å². The van der Waals surface area contributed by atoms with E-state index in [0.717, 1.165) is 11.9 Å². The van der Waals surface area contributed by atoms with Crippen molar-refractivity contribution in [3.63, 3.8) is 0 Å². The fourth-order valence-corrected chi connectivity index (χ4v) is 1.52. The van der Waals surface area contributed by atoms with E-state index in [1.165, 1.54) is 5.56 Å². The highest BCUT2D eigenvalue weighted by Crippen LogP contribution is 2.13. The van der Waals surface area contributed by atoms with Gasteiger partial charge in [-0.2, -0.15) is 5.10 Å². The Morgan fingerprint density at radius 3 is 3.00 bits per heavy atom. The second-order valence-electron chi connectivity index (χ2n) is 3.33. The maximum atomic E-state index is 11.3. The highest BCUT2D eigenvalue weighted by atomic mass is 16.1. The summed E-state index contributed by atoms with van der Waals surface area (Å²) in [6.07, 6.45) is 4.48. The van der Waals surface area contributed by atoms with Crippen molar-refractivity contribution in [3.05, 3.63) is 35.7 Å². The number of hydrogen-bond acceptors (Lipinski definition) is 2.